The molecule has 6 heteroatoms. The van der Waals surface area contributed by atoms with Crippen molar-refractivity contribution in [3.63, 3.8) is 0 Å². The summed E-state index contributed by atoms with van der Waals surface area (Å²) in [6.45, 7) is 5.73. The first-order chi connectivity index (χ1) is 11.0. The first kappa shape index (κ1) is 17.0. The summed E-state index contributed by atoms with van der Waals surface area (Å²) in [6.07, 6.45) is 0.836. The predicted octanol–water partition coefficient (Wildman–Crippen LogP) is 0.692. The Morgan fingerprint density at radius 1 is 1.09 bits per heavy atom. The average Bonchev–Trinajstić information content (AvgIpc) is 2.54. The third kappa shape index (κ3) is 4.55. The van der Waals surface area contributed by atoms with E-state index in [1.165, 1.54) is 9.80 Å². The Balaban J connectivity index is 1.91. The molecule has 2 rings (SSSR count). The van der Waals surface area contributed by atoms with Crippen molar-refractivity contribution in [2.75, 3.05) is 26.2 Å². The topological polar surface area (TPSA) is 69.7 Å². The second-order valence-corrected chi connectivity index (χ2v) is 5.79. The van der Waals surface area contributed by atoms with Crippen molar-refractivity contribution >= 4 is 17.7 Å². The predicted molar refractivity (Wildman–Crippen MR) is 86.5 cm³/mol. The van der Waals surface area contributed by atoms with Crippen LogP contribution < -0.4 is 5.32 Å². The first-order valence-corrected chi connectivity index (χ1v) is 7.91. The zero-order chi connectivity index (χ0) is 16.8. The molecule has 1 heterocycles. The van der Waals surface area contributed by atoms with Crippen LogP contribution in [0.25, 0.3) is 0 Å². The Morgan fingerprint density at radius 2 is 1.70 bits per heavy atom. The van der Waals surface area contributed by atoms with Crippen molar-refractivity contribution < 1.29 is 14.4 Å². The van der Waals surface area contributed by atoms with Crippen molar-refractivity contribution in [1.29, 1.82) is 0 Å². The van der Waals surface area contributed by atoms with Crippen LogP contribution in [0.1, 0.15) is 24.5 Å². The van der Waals surface area contributed by atoms with Gasteiger partial charge in [-0.3, -0.25) is 14.4 Å². The second kappa shape index (κ2) is 7.76. The Kier molecular flexibility index (Phi) is 5.73. The van der Waals surface area contributed by atoms with Gasteiger partial charge in [0.1, 0.15) is 6.54 Å². The third-order valence-corrected chi connectivity index (χ3v) is 3.80. The van der Waals surface area contributed by atoms with Gasteiger partial charge in [0.05, 0.1) is 0 Å². The lowest BCUT2D eigenvalue weighted by molar-refractivity contribution is -0.157. The van der Waals surface area contributed by atoms with E-state index in [-0.39, 0.29) is 12.5 Å². The van der Waals surface area contributed by atoms with Crippen LogP contribution in [0.5, 0.6) is 0 Å². The molecule has 0 aliphatic carbocycles. The molecule has 1 aliphatic heterocycles. The Labute approximate surface area is 136 Å². The van der Waals surface area contributed by atoms with E-state index < -0.39 is 11.8 Å². The van der Waals surface area contributed by atoms with Gasteiger partial charge in [0, 0.05) is 26.2 Å². The summed E-state index contributed by atoms with van der Waals surface area (Å²) in [5.41, 5.74) is 2.14. The van der Waals surface area contributed by atoms with E-state index >= 15 is 0 Å². The molecule has 1 saturated heterocycles. The number of piperazine rings is 1. The van der Waals surface area contributed by atoms with Gasteiger partial charge < -0.3 is 15.1 Å². The fourth-order valence-corrected chi connectivity index (χ4v) is 2.42. The van der Waals surface area contributed by atoms with Crippen LogP contribution in [0.4, 0.5) is 0 Å². The first-order valence-electron chi connectivity index (χ1n) is 7.91. The molecule has 23 heavy (non-hydrogen) atoms. The molecule has 1 aliphatic rings. The molecule has 1 fully saturated rings. The molecule has 1 aromatic rings. The fraction of sp³-hybridized carbons (Fsp3) is 0.471. The molecule has 0 spiro atoms. The molecule has 0 atom stereocenters. The fourth-order valence-electron chi connectivity index (χ4n) is 2.42. The van der Waals surface area contributed by atoms with E-state index in [4.69, 9.17) is 0 Å². The Morgan fingerprint density at radius 3 is 2.35 bits per heavy atom. The maximum Gasteiger partial charge on any atom is 0.312 e. The number of carbonyl (C=O) groups excluding carboxylic acids is 3. The summed E-state index contributed by atoms with van der Waals surface area (Å²) < 4.78 is 0. The van der Waals surface area contributed by atoms with Gasteiger partial charge >= 0.3 is 11.8 Å². The van der Waals surface area contributed by atoms with Gasteiger partial charge in [-0.1, -0.05) is 36.8 Å². The van der Waals surface area contributed by atoms with Crippen LogP contribution in [0, 0.1) is 6.92 Å². The largest absolute Gasteiger partial charge is 0.355 e. The second-order valence-electron chi connectivity index (χ2n) is 5.79. The number of hydrogen-bond acceptors (Lipinski definition) is 3. The molecule has 0 unspecified atom stereocenters. The van der Waals surface area contributed by atoms with Crippen molar-refractivity contribution in [3.8, 4) is 0 Å². The Bertz CT molecular complexity index is 583. The molecule has 0 radical (unpaired) electrons. The number of carbonyl (C=O) groups is 3. The maximum atomic E-state index is 12.2. The van der Waals surface area contributed by atoms with Gasteiger partial charge in [-0.25, -0.2) is 0 Å². The molecular formula is C17H23N3O3. The van der Waals surface area contributed by atoms with E-state index in [0.717, 1.165) is 17.5 Å². The molecule has 0 aromatic heterocycles. The number of benzene rings is 1. The zero-order valence-electron chi connectivity index (χ0n) is 13.7. The van der Waals surface area contributed by atoms with Crippen LogP contribution in [0.2, 0.25) is 0 Å². The van der Waals surface area contributed by atoms with E-state index in [2.05, 4.69) is 5.32 Å². The van der Waals surface area contributed by atoms with Crippen LogP contribution in [-0.4, -0.2) is 53.7 Å². The molecule has 3 amide bonds. The van der Waals surface area contributed by atoms with Gasteiger partial charge in [-0.15, -0.1) is 0 Å². The lowest BCUT2D eigenvalue weighted by atomic mass is 10.1. The van der Waals surface area contributed by atoms with Crippen molar-refractivity contribution in [2.24, 2.45) is 0 Å². The number of aryl methyl sites for hydroxylation is 1. The maximum absolute atomic E-state index is 12.2. The summed E-state index contributed by atoms with van der Waals surface area (Å²) >= 11 is 0. The van der Waals surface area contributed by atoms with Gasteiger partial charge in [0.15, 0.2) is 0 Å². The Hall–Kier alpha value is -2.37. The van der Waals surface area contributed by atoms with Crippen molar-refractivity contribution in [2.45, 2.75) is 26.8 Å². The van der Waals surface area contributed by atoms with Crippen LogP contribution in [-0.2, 0) is 20.9 Å². The van der Waals surface area contributed by atoms with Gasteiger partial charge in [-0.2, -0.15) is 0 Å². The van der Waals surface area contributed by atoms with Crippen molar-refractivity contribution in [1.82, 2.24) is 15.1 Å². The molecular weight excluding hydrogens is 294 g/mol. The highest BCUT2D eigenvalue weighted by atomic mass is 16.2. The minimum Gasteiger partial charge on any atom is -0.355 e. The molecule has 124 valence electrons. The molecule has 1 N–H and O–H groups in total. The van der Waals surface area contributed by atoms with Crippen LogP contribution in [0.3, 0.4) is 0 Å². The van der Waals surface area contributed by atoms with E-state index in [0.29, 0.717) is 26.2 Å². The summed E-state index contributed by atoms with van der Waals surface area (Å²) in [7, 11) is 0. The highest BCUT2D eigenvalue weighted by Gasteiger charge is 2.33. The zero-order valence-corrected chi connectivity index (χ0v) is 13.7. The number of hydrogen-bond donors (Lipinski definition) is 1. The average molecular weight is 317 g/mol. The van der Waals surface area contributed by atoms with E-state index in [9.17, 15) is 14.4 Å². The lowest BCUT2D eigenvalue weighted by Gasteiger charge is -2.33. The normalized spacial score (nSPS) is 15.0. The van der Waals surface area contributed by atoms with Gasteiger partial charge in [0.25, 0.3) is 0 Å². The quantitative estimate of drug-likeness (QED) is 0.785. The molecule has 1 aromatic carbocycles. The number of nitrogens with one attached hydrogen (secondary N) is 1. The highest BCUT2D eigenvalue weighted by molar-refractivity contribution is 6.35. The van der Waals surface area contributed by atoms with Gasteiger partial charge in [0.2, 0.25) is 5.91 Å². The van der Waals surface area contributed by atoms with Crippen LogP contribution in [0.15, 0.2) is 24.3 Å². The monoisotopic (exact) mass is 317 g/mol. The number of amides is 3. The summed E-state index contributed by atoms with van der Waals surface area (Å²) in [5, 5.41) is 2.71. The standard InChI is InChI=1S/C17H23N3O3/c1-3-8-18-15(21)12-20-10-9-19(16(22)17(20)23)11-14-6-4-13(2)5-7-14/h4-7H,3,8-12H2,1-2H3,(H,18,21). The van der Waals surface area contributed by atoms with Crippen molar-refractivity contribution in [3.05, 3.63) is 35.4 Å². The van der Waals surface area contributed by atoms with E-state index in [1.54, 1.807) is 0 Å². The summed E-state index contributed by atoms with van der Waals surface area (Å²) in [5.74, 6) is -1.37. The lowest BCUT2D eigenvalue weighted by Crippen LogP contribution is -2.55. The minimum absolute atomic E-state index is 0.0526. The van der Waals surface area contributed by atoms with E-state index in [1.807, 2.05) is 38.1 Å². The number of nitrogens with zero attached hydrogens (tertiary/aromatic N) is 2. The summed E-state index contributed by atoms with van der Waals surface area (Å²) in [4.78, 5) is 38.9. The number of rotatable bonds is 6. The van der Waals surface area contributed by atoms with Crippen LogP contribution >= 0.6 is 0 Å². The summed E-state index contributed by atoms with van der Waals surface area (Å²) in [6, 6.07) is 7.88. The smallest absolute Gasteiger partial charge is 0.312 e. The highest BCUT2D eigenvalue weighted by Crippen LogP contribution is 2.11. The molecule has 6 nitrogen and oxygen atoms in total. The molecule has 0 bridgehead atoms. The third-order valence-electron chi connectivity index (χ3n) is 3.80. The minimum atomic E-state index is -0.602. The molecule has 0 saturated carbocycles. The SMILES string of the molecule is CCCNC(=O)CN1CCN(Cc2ccc(C)cc2)C(=O)C1=O. The van der Waals surface area contributed by atoms with Gasteiger partial charge in [-0.05, 0) is 18.9 Å².